The highest BCUT2D eigenvalue weighted by molar-refractivity contribution is 5.87. The number of para-hydroxylation sites is 1. The molecule has 1 aromatic rings. The summed E-state index contributed by atoms with van der Waals surface area (Å²) in [4.78, 5) is 10.1. The second-order valence-electron chi connectivity index (χ2n) is 2.54. The van der Waals surface area contributed by atoms with E-state index in [1.165, 1.54) is 13.0 Å². The van der Waals surface area contributed by atoms with E-state index in [9.17, 15) is 4.79 Å². The fourth-order valence-corrected chi connectivity index (χ4v) is 0.632. The predicted octanol–water partition coefficient (Wildman–Crippen LogP) is 2.71. The maximum atomic E-state index is 10.1. The molecule has 0 aliphatic carbocycles. The summed E-state index contributed by atoms with van der Waals surface area (Å²) in [7, 11) is 0. The Morgan fingerprint density at radius 2 is 1.93 bits per heavy atom. The molecule has 0 radical (unpaired) electrons. The summed E-state index contributed by atoms with van der Waals surface area (Å²) in [5, 5.41) is 8.63. The molecule has 2 heteroatoms. The van der Waals surface area contributed by atoms with Crippen LogP contribution in [-0.2, 0) is 4.79 Å². The van der Waals surface area contributed by atoms with Crippen LogP contribution in [-0.4, -0.2) is 10.9 Å². The van der Waals surface area contributed by atoms with Crippen molar-refractivity contribution in [3.8, 4) is 5.75 Å². The highest BCUT2D eigenvalue weighted by atomic mass is 16.3. The lowest BCUT2D eigenvalue weighted by Gasteiger charge is -1.82. The smallest absolute Gasteiger partial charge is 0.152 e. The lowest BCUT2D eigenvalue weighted by molar-refractivity contribution is -0.112. The third-order valence-electron chi connectivity index (χ3n) is 1.22. The second kappa shape index (κ2) is 7.80. The number of carbonyl (C=O) groups is 1. The van der Waals surface area contributed by atoms with Gasteiger partial charge in [0.25, 0.3) is 0 Å². The molecular formula is C12H14O2. The lowest BCUT2D eigenvalue weighted by Crippen LogP contribution is -1.76. The van der Waals surface area contributed by atoms with Gasteiger partial charge in [0, 0.05) is 0 Å². The Morgan fingerprint density at radius 3 is 2.14 bits per heavy atom. The molecule has 1 aromatic carbocycles. The Bertz CT molecular complexity index is 299. The largest absolute Gasteiger partial charge is 0.508 e. The molecule has 0 heterocycles. The molecule has 1 rings (SSSR count). The van der Waals surface area contributed by atoms with E-state index in [4.69, 9.17) is 5.11 Å². The summed E-state index contributed by atoms with van der Waals surface area (Å²) < 4.78 is 0. The Hall–Kier alpha value is -1.83. The standard InChI is InChI=1S/C6H6O.C6H8O/c7-6-4-2-1-3-5-6;1-3-4-5-6(2)7/h1-5,7H;3-5H,1H2,2H3. The highest BCUT2D eigenvalue weighted by Crippen LogP contribution is 2.02. The molecule has 0 spiro atoms. The number of benzene rings is 1. The quantitative estimate of drug-likeness (QED) is 0.575. The Morgan fingerprint density at radius 1 is 1.36 bits per heavy atom. The first kappa shape index (κ1) is 12.2. The number of phenolic OH excluding ortho intramolecular Hbond substituents is 1. The monoisotopic (exact) mass is 190 g/mol. The summed E-state index contributed by atoms with van der Waals surface area (Å²) in [5.74, 6) is 0.377. The van der Waals surface area contributed by atoms with E-state index in [0.717, 1.165) is 0 Å². The van der Waals surface area contributed by atoms with Crippen LogP contribution < -0.4 is 0 Å². The average molecular weight is 190 g/mol. The van der Waals surface area contributed by atoms with Gasteiger partial charge in [-0.1, -0.05) is 36.9 Å². The van der Waals surface area contributed by atoms with Gasteiger partial charge in [-0.2, -0.15) is 0 Å². The van der Waals surface area contributed by atoms with Crippen LogP contribution in [0.15, 0.2) is 55.1 Å². The molecule has 1 N–H and O–H groups in total. The van der Waals surface area contributed by atoms with E-state index in [1.54, 1.807) is 36.4 Å². The molecule has 2 nitrogen and oxygen atoms in total. The fraction of sp³-hybridized carbons (Fsp3) is 0.0833. The predicted molar refractivity (Wildman–Crippen MR) is 58.1 cm³/mol. The van der Waals surface area contributed by atoms with E-state index >= 15 is 0 Å². The van der Waals surface area contributed by atoms with E-state index in [2.05, 4.69) is 6.58 Å². The molecule has 0 atom stereocenters. The highest BCUT2D eigenvalue weighted by Gasteiger charge is 1.75. The van der Waals surface area contributed by atoms with Crippen LogP contribution in [0, 0.1) is 0 Å². The van der Waals surface area contributed by atoms with Gasteiger partial charge in [-0.05, 0) is 25.1 Å². The molecule has 0 saturated carbocycles. The third kappa shape index (κ3) is 8.27. The Labute approximate surface area is 84.2 Å². The fourth-order valence-electron chi connectivity index (χ4n) is 0.632. The second-order valence-corrected chi connectivity index (χ2v) is 2.54. The van der Waals surface area contributed by atoms with Crippen molar-refractivity contribution < 1.29 is 9.90 Å². The minimum absolute atomic E-state index is 0.0555. The van der Waals surface area contributed by atoms with E-state index in [0.29, 0.717) is 5.75 Å². The van der Waals surface area contributed by atoms with Crippen molar-refractivity contribution in [2.45, 2.75) is 6.92 Å². The Balaban J connectivity index is 0.000000241. The first-order valence-electron chi connectivity index (χ1n) is 4.20. The first-order valence-corrected chi connectivity index (χ1v) is 4.20. The van der Waals surface area contributed by atoms with Crippen molar-refractivity contribution in [1.29, 1.82) is 0 Å². The summed E-state index contributed by atoms with van der Waals surface area (Å²) in [5.41, 5.74) is 0. The zero-order valence-corrected chi connectivity index (χ0v) is 8.18. The number of hydrogen-bond donors (Lipinski definition) is 1. The molecule has 0 unspecified atom stereocenters. The van der Waals surface area contributed by atoms with Crippen molar-refractivity contribution in [3.63, 3.8) is 0 Å². The average Bonchev–Trinajstić information content (AvgIpc) is 2.17. The van der Waals surface area contributed by atoms with Gasteiger partial charge < -0.3 is 5.11 Å². The number of hydrogen-bond acceptors (Lipinski definition) is 2. The summed E-state index contributed by atoms with van der Waals surface area (Å²) in [6.07, 6.45) is 4.65. The molecule has 0 bridgehead atoms. The maximum Gasteiger partial charge on any atom is 0.152 e. The molecule has 74 valence electrons. The number of carbonyl (C=O) groups excluding carboxylic acids is 1. The minimum Gasteiger partial charge on any atom is -0.508 e. The molecule has 0 fully saturated rings. The van der Waals surface area contributed by atoms with Crippen LogP contribution in [0.4, 0.5) is 0 Å². The zero-order chi connectivity index (χ0) is 10.8. The summed E-state index contributed by atoms with van der Waals surface area (Å²) >= 11 is 0. The third-order valence-corrected chi connectivity index (χ3v) is 1.22. The zero-order valence-electron chi connectivity index (χ0n) is 8.18. The molecule has 0 aliphatic heterocycles. The Kier molecular flexibility index (Phi) is 6.78. The molecule has 0 aliphatic rings. The minimum atomic E-state index is 0.0555. The van der Waals surface area contributed by atoms with Crippen LogP contribution in [0.3, 0.4) is 0 Å². The van der Waals surface area contributed by atoms with Crippen molar-refractivity contribution in [2.75, 3.05) is 0 Å². The topological polar surface area (TPSA) is 37.3 Å². The summed E-state index contributed by atoms with van der Waals surface area (Å²) in [6.45, 7) is 4.89. The van der Waals surface area contributed by atoms with Crippen LogP contribution in [0.2, 0.25) is 0 Å². The number of ketones is 1. The van der Waals surface area contributed by atoms with Crippen LogP contribution in [0.1, 0.15) is 6.92 Å². The van der Waals surface area contributed by atoms with Gasteiger partial charge in [-0.3, -0.25) is 4.79 Å². The summed E-state index contributed by atoms with van der Waals surface area (Å²) in [6, 6.07) is 8.71. The van der Waals surface area contributed by atoms with Crippen LogP contribution >= 0.6 is 0 Å². The van der Waals surface area contributed by atoms with Gasteiger partial charge in [0.2, 0.25) is 0 Å². The van der Waals surface area contributed by atoms with E-state index in [-0.39, 0.29) is 5.78 Å². The lowest BCUT2D eigenvalue weighted by atomic mass is 10.3. The van der Waals surface area contributed by atoms with Gasteiger partial charge in [0.05, 0.1) is 0 Å². The van der Waals surface area contributed by atoms with Gasteiger partial charge in [0.1, 0.15) is 5.75 Å². The molecule has 0 saturated heterocycles. The van der Waals surface area contributed by atoms with Crippen molar-refractivity contribution >= 4 is 5.78 Å². The maximum absolute atomic E-state index is 10.1. The molecule has 0 amide bonds. The van der Waals surface area contributed by atoms with Crippen molar-refractivity contribution in [2.24, 2.45) is 0 Å². The number of aromatic hydroxyl groups is 1. The van der Waals surface area contributed by atoms with Gasteiger partial charge in [0.15, 0.2) is 5.78 Å². The molecular weight excluding hydrogens is 176 g/mol. The number of allylic oxidation sites excluding steroid dienone is 3. The van der Waals surface area contributed by atoms with Crippen LogP contribution in [0.25, 0.3) is 0 Å². The first-order chi connectivity index (χ1) is 6.66. The van der Waals surface area contributed by atoms with E-state index in [1.807, 2.05) is 6.07 Å². The number of phenols is 1. The van der Waals surface area contributed by atoms with Gasteiger partial charge in [-0.25, -0.2) is 0 Å². The molecule has 14 heavy (non-hydrogen) atoms. The molecule has 0 aromatic heterocycles. The van der Waals surface area contributed by atoms with Gasteiger partial charge in [-0.15, -0.1) is 0 Å². The normalized spacial score (nSPS) is 8.93. The van der Waals surface area contributed by atoms with Crippen molar-refractivity contribution in [1.82, 2.24) is 0 Å². The number of rotatable bonds is 2. The van der Waals surface area contributed by atoms with Gasteiger partial charge >= 0.3 is 0 Å². The SMILES string of the molecule is C=CC=CC(C)=O.Oc1ccccc1. The van der Waals surface area contributed by atoms with Crippen LogP contribution in [0.5, 0.6) is 5.75 Å². The van der Waals surface area contributed by atoms with Crippen molar-refractivity contribution in [3.05, 3.63) is 55.1 Å². The van der Waals surface area contributed by atoms with E-state index < -0.39 is 0 Å².